The van der Waals surface area contributed by atoms with Crippen molar-refractivity contribution in [1.82, 2.24) is 4.57 Å². The maximum absolute atomic E-state index is 15.1. The zero-order valence-corrected chi connectivity index (χ0v) is 19.1. The summed E-state index contributed by atoms with van der Waals surface area (Å²) in [5.74, 6) is -6.88. The summed E-state index contributed by atoms with van der Waals surface area (Å²) in [4.78, 5) is 25.5. The van der Waals surface area contributed by atoms with Crippen LogP contribution in [0.3, 0.4) is 0 Å². The van der Waals surface area contributed by atoms with Crippen LogP contribution in [0.4, 0.5) is 8.78 Å². The zero-order chi connectivity index (χ0) is 23.9. The molecule has 0 bridgehead atoms. The number of benzene rings is 2. The van der Waals surface area contributed by atoms with Gasteiger partial charge < -0.3 is 10.2 Å². The van der Waals surface area contributed by atoms with Crippen LogP contribution in [0, 0.1) is 24.5 Å². The lowest BCUT2D eigenvalue weighted by Gasteiger charge is -2.18. The van der Waals surface area contributed by atoms with Gasteiger partial charge in [0.25, 0.3) is 5.91 Å². The Labute approximate surface area is 193 Å². The van der Waals surface area contributed by atoms with Gasteiger partial charge in [0, 0.05) is 22.7 Å². The Balaban J connectivity index is 2.37. The molecule has 1 heterocycles. The molecule has 0 aliphatic carbocycles. The molecule has 32 heavy (non-hydrogen) atoms. The van der Waals surface area contributed by atoms with Crippen LogP contribution in [-0.4, -0.2) is 26.7 Å². The number of hydrogen-bond acceptors (Lipinski definition) is 3. The van der Waals surface area contributed by atoms with E-state index >= 15 is 4.39 Å². The number of aromatic hydroxyl groups is 1. The van der Waals surface area contributed by atoms with Crippen LogP contribution in [0.2, 0.25) is 10.0 Å². The molecule has 0 amide bonds. The Bertz CT molecular complexity index is 1240. The SMILES string of the molecule is CCC(C)CC(C(=O)O)c1c(C)n(C(=O)c2ccc(Cl)c(Cl)c2)c2cc(F)c(O)c(F)c12. The van der Waals surface area contributed by atoms with E-state index < -0.39 is 35.2 Å². The van der Waals surface area contributed by atoms with E-state index in [0.717, 1.165) is 10.6 Å². The monoisotopic (exact) mass is 483 g/mol. The van der Waals surface area contributed by atoms with Crippen molar-refractivity contribution in [2.75, 3.05) is 0 Å². The van der Waals surface area contributed by atoms with Crippen LogP contribution >= 0.6 is 23.2 Å². The molecular formula is C23H21Cl2F2NO4. The van der Waals surface area contributed by atoms with Gasteiger partial charge in [0.15, 0.2) is 17.4 Å². The highest BCUT2D eigenvalue weighted by atomic mass is 35.5. The minimum absolute atomic E-state index is 0.0169. The number of carboxylic acid groups (broad SMARTS) is 1. The highest BCUT2D eigenvalue weighted by molar-refractivity contribution is 6.42. The van der Waals surface area contributed by atoms with E-state index in [0.29, 0.717) is 6.42 Å². The molecule has 0 fully saturated rings. The quantitative estimate of drug-likeness (QED) is 0.417. The first-order valence-electron chi connectivity index (χ1n) is 9.93. The molecule has 0 saturated heterocycles. The number of rotatable bonds is 6. The van der Waals surface area contributed by atoms with Crippen molar-refractivity contribution in [3.05, 3.63) is 62.8 Å². The molecule has 3 rings (SSSR count). The largest absolute Gasteiger partial charge is 0.503 e. The molecule has 2 aromatic carbocycles. The third-order valence-corrected chi connectivity index (χ3v) is 6.50. The molecule has 0 radical (unpaired) electrons. The number of carboxylic acids is 1. The number of carbonyl (C=O) groups is 2. The van der Waals surface area contributed by atoms with E-state index in [1.165, 1.54) is 25.1 Å². The van der Waals surface area contributed by atoms with Crippen LogP contribution in [-0.2, 0) is 4.79 Å². The van der Waals surface area contributed by atoms with Gasteiger partial charge >= 0.3 is 5.97 Å². The Morgan fingerprint density at radius 3 is 2.38 bits per heavy atom. The second-order valence-corrected chi connectivity index (χ2v) is 8.64. The van der Waals surface area contributed by atoms with Gasteiger partial charge in [0.2, 0.25) is 0 Å². The van der Waals surface area contributed by atoms with Crippen molar-refractivity contribution < 1.29 is 28.6 Å². The van der Waals surface area contributed by atoms with Gasteiger partial charge in [-0.1, -0.05) is 43.5 Å². The molecule has 0 aliphatic rings. The Morgan fingerprint density at radius 1 is 1.16 bits per heavy atom. The Morgan fingerprint density at radius 2 is 1.81 bits per heavy atom. The summed E-state index contributed by atoms with van der Waals surface area (Å²) >= 11 is 11.9. The molecule has 170 valence electrons. The summed E-state index contributed by atoms with van der Waals surface area (Å²) < 4.78 is 30.4. The highest BCUT2D eigenvalue weighted by Gasteiger charge is 2.33. The predicted octanol–water partition coefficient (Wildman–Crippen LogP) is 6.53. The van der Waals surface area contributed by atoms with Gasteiger partial charge in [-0.25, -0.2) is 8.78 Å². The van der Waals surface area contributed by atoms with Crippen molar-refractivity contribution >= 4 is 46.0 Å². The lowest BCUT2D eigenvalue weighted by atomic mass is 9.86. The Kier molecular flexibility index (Phi) is 6.81. The minimum atomic E-state index is -1.31. The first-order valence-corrected chi connectivity index (χ1v) is 10.7. The molecule has 9 heteroatoms. The first-order chi connectivity index (χ1) is 15.0. The lowest BCUT2D eigenvalue weighted by molar-refractivity contribution is -0.139. The minimum Gasteiger partial charge on any atom is -0.503 e. The summed E-state index contributed by atoms with van der Waals surface area (Å²) in [5, 5.41) is 19.8. The van der Waals surface area contributed by atoms with E-state index in [4.69, 9.17) is 23.2 Å². The molecule has 1 aromatic heterocycles. The van der Waals surface area contributed by atoms with Crippen molar-refractivity contribution in [2.24, 2.45) is 5.92 Å². The second-order valence-electron chi connectivity index (χ2n) is 7.82. The number of fused-ring (bicyclic) bond motifs is 1. The topological polar surface area (TPSA) is 79.5 Å². The molecule has 2 N–H and O–H groups in total. The van der Waals surface area contributed by atoms with Crippen molar-refractivity contribution in [1.29, 1.82) is 0 Å². The number of carbonyl (C=O) groups excluding carboxylic acids is 1. The van der Waals surface area contributed by atoms with E-state index in [2.05, 4.69) is 0 Å². The summed E-state index contributed by atoms with van der Waals surface area (Å²) in [7, 11) is 0. The van der Waals surface area contributed by atoms with Crippen LogP contribution < -0.4 is 0 Å². The third-order valence-electron chi connectivity index (χ3n) is 5.76. The fourth-order valence-electron chi connectivity index (χ4n) is 3.87. The third kappa shape index (κ3) is 4.07. The summed E-state index contributed by atoms with van der Waals surface area (Å²) in [6, 6.07) is 4.96. The molecule has 0 aliphatic heterocycles. The number of halogens is 4. The van der Waals surface area contributed by atoms with Gasteiger partial charge in [-0.3, -0.25) is 14.2 Å². The summed E-state index contributed by atoms with van der Waals surface area (Å²) in [6.45, 7) is 5.22. The second kappa shape index (κ2) is 9.08. The molecular weight excluding hydrogens is 463 g/mol. The normalized spacial score (nSPS) is 13.3. The van der Waals surface area contributed by atoms with Crippen molar-refractivity contribution in [3.8, 4) is 5.75 Å². The van der Waals surface area contributed by atoms with Crippen LogP contribution in [0.25, 0.3) is 10.9 Å². The molecule has 0 spiro atoms. The standard InChI is InChI=1S/C23H21Cl2F2NO4/c1-4-10(2)7-13(23(31)32)18-11(3)28(17-9-16(26)21(29)20(27)19(17)18)22(30)12-5-6-14(24)15(25)8-12/h5-6,8-10,13,29H,4,7H2,1-3H3,(H,31,32). The fourth-order valence-corrected chi connectivity index (χ4v) is 4.17. The highest BCUT2D eigenvalue weighted by Crippen LogP contribution is 2.41. The van der Waals surface area contributed by atoms with Crippen molar-refractivity contribution in [3.63, 3.8) is 0 Å². The molecule has 5 nitrogen and oxygen atoms in total. The van der Waals surface area contributed by atoms with E-state index in [1.807, 2.05) is 13.8 Å². The number of phenols is 1. The van der Waals surface area contributed by atoms with Crippen molar-refractivity contribution in [2.45, 2.75) is 39.5 Å². The fraction of sp³-hybridized carbons (Fsp3) is 0.304. The summed E-state index contributed by atoms with van der Waals surface area (Å²) in [6.07, 6.45) is 0.858. The van der Waals surface area contributed by atoms with Crippen LogP contribution in [0.5, 0.6) is 5.75 Å². The van der Waals surface area contributed by atoms with Gasteiger partial charge in [0.05, 0.1) is 21.5 Å². The zero-order valence-electron chi connectivity index (χ0n) is 17.5. The number of phenolic OH excluding ortho intramolecular Hbond substituents is 1. The number of aromatic nitrogens is 1. The molecule has 2 unspecified atom stereocenters. The number of hydrogen-bond donors (Lipinski definition) is 2. The van der Waals surface area contributed by atoms with Gasteiger partial charge in [0.1, 0.15) is 0 Å². The summed E-state index contributed by atoms with van der Waals surface area (Å²) in [5.41, 5.74) is 0.0649. The number of aliphatic carboxylic acids is 1. The maximum Gasteiger partial charge on any atom is 0.311 e. The van der Waals surface area contributed by atoms with Crippen LogP contribution in [0.1, 0.15) is 54.2 Å². The van der Waals surface area contributed by atoms with Gasteiger partial charge in [-0.05, 0) is 43.0 Å². The van der Waals surface area contributed by atoms with Gasteiger partial charge in [-0.15, -0.1) is 0 Å². The average molecular weight is 484 g/mol. The predicted molar refractivity (Wildman–Crippen MR) is 119 cm³/mol. The molecule has 3 aromatic rings. The first kappa shape index (κ1) is 24.0. The van der Waals surface area contributed by atoms with Gasteiger partial charge in [-0.2, -0.15) is 0 Å². The smallest absolute Gasteiger partial charge is 0.311 e. The van der Waals surface area contributed by atoms with E-state index in [9.17, 15) is 24.2 Å². The van der Waals surface area contributed by atoms with E-state index in [1.54, 1.807) is 0 Å². The van der Waals surface area contributed by atoms with E-state index in [-0.39, 0.29) is 50.1 Å². The Hall–Kier alpha value is -2.64. The van der Waals surface area contributed by atoms with Crippen LogP contribution in [0.15, 0.2) is 24.3 Å². The molecule has 2 atom stereocenters. The maximum atomic E-state index is 15.1. The average Bonchev–Trinajstić information content (AvgIpc) is 3.02. The molecule has 0 saturated carbocycles. The number of nitrogens with zero attached hydrogens (tertiary/aromatic N) is 1. The lowest BCUT2D eigenvalue weighted by Crippen LogP contribution is -2.18.